The smallest absolute Gasteiger partial charge is 0.248 e. The van der Waals surface area contributed by atoms with E-state index < -0.39 is 0 Å². The molecule has 0 saturated carbocycles. The van der Waals surface area contributed by atoms with Crippen molar-refractivity contribution in [1.29, 1.82) is 0 Å². The van der Waals surface area contributed by atoms with Crippen molar-refractivity contribution >= 4 is 0 Å². The van der Waals surface area contributed by atoms with Crippen LogP contribution in [-0.4, -0.2) is 25.1 Å². The van der Waals surface area contributed by atoms with Crippen LogP contribution in [0.25, 0.3) is 0 Å². The van der Waals surface area contributed by atoms with Gasteiger partial charge in [0, 0.05) is 13.0 Å². The number of benzene rings is 1. The van der Waals surface area contributed by atoms with Gasteiger partial charge in [-0.3, -0.25) is 0 Å². The maximum atomic E-state index is 13.6. The standard InChI is InChI=1S/C13H13FN6O/c14-11-4-2-1-3-9(11)5-12-16-13(21-18-12)8-20-7-10(6-15)17-19-20/h1-4,7H,5-6,8,15H2. The molecule has 108 valence electrons. The summed E-state index contributed by atoms with van der Waals surface area (Å²) in [4.78, 5) is 4.21. The molecule has 0 spiro atoms. The number of hydrogen-bond acceptors (Lipinski definition) is 6. The average molecular weight is 288 g/mol. The third-order valence-corrected chi connectivity index (χ3v) is 2.91. The minimum atomic E-state index is -0.285. The molecule has 0 saturated heterocycles. The van der Waals surface area contributed by atoms with Crippen molar-refractivity contribution in [3.05, 3.63) is 59.3 Å². The van der Waals surface area contributed by atoms with E-state index in [1.807, 2.05) is 0 Å². The van der Waals surface area contributed by atoms with Crippen molar-refractivity contribution in [2.24, 2.45) is 5.73 Å². The zero-order valence-corrected chi connectivity index (χ0v) is 11.1. The van der Waals surface area contributed by atoms with Crippen LogP contribution in [0.1, 0.15) is 23.0 Å². The maximum Gasteiger partial charge on any atom is 0.248 e. The minimum Gasteiger partial charge on any atom is -0.337 e. The molecule has 2 heterocycles. The van der Waals surface area contributed by atoms with Crippen molar-refractivity contribution < 1.29 is 8.91 Å². The highest BCUT2D eigenvalue weighted by atomic mass is 19.1. The van der Waals surface area contributed by atoms with Crippen LogP contribution >= 0.6 is 0 Å². The topological polar surface area (TPSA) is 95.7 Å². The third-order valence-electron chi connectivity index (χ3n) is 2.91. The Bertz CT molecular complexity index is 738. The van der Waals surface area contributed by atoms with Gasteiger partial charge >= 0.3 is 0 Å². The van der Waals surface area contributed by atoms with Crippen LogP contribution in [0, 0.1) is 5.82 Å². The fraction of sp³-hybridized carbons (Fsp3) is 0.231. The number of hydrogen-bond donors (Lipinski definition) is 1. The minimum absolute atomic E-state index is 0.279. The summed E-state index contributed by atoms with van der Waals surface area (Å²) in [5, 5.41) is 11.6. The molecule has 2 N–H and O–H groups in total. The van der Waals surface area contributed by atoms with E-state index in [1.165, 1.54) is 6.07 Å². The molecule has 1 aromatic carbocycles. The molecule has 0 aliphatic heterocycles. The molecule has 0 atom stereocenters. The van der Waals surface area contributed by atoms with Crippen LogP contribution in [0.15, 0.2) is 35.0 Å². The molecule has 0 aliphatic carbocycles. The van der Waals surface area contributed by atoms with Gasteiger partial charge in [0.2, 0.25) is 5.89 Å². The van der Waals surface area contributed by atoms with Crippen LogP contribution < -0.4 is 5.73 Å². The highest BCUT2D eigenvalue weighted by molar-refractivity contribution is 5.20. The van der Waals surface area contributed by atoms with Gasteiger partial charge < -0.3 is 10.3 Å². The van der Waals surface area contributed by atoms with E-state index in [9.17, 15) is 4.39 Å². The Morgan fingerprint density at radius 1 is 1.29 bits per heavy atom. The van der Waals surface area contributed by atoms with Crippen molar-refractivity contribution in [3.63, 3.8) is 0 Å². The summed E-state index contributed by atoms with van der Waals surface area (Å²) >= 11 is 0. The Labute approximate surface area is 119 Å². The van der Waals surface area contributed by atoms with Gasteiger partial charge in [0.15, 0.2) is 5.82 Å². The molecule has 2 aromatic heterocycles. The monoisotopic (exact) mass is 288 g/mol. The number of halogens is 1. The molecule has 0 fully saturated rings. The molecule has 7 nitrogen and oxygen atoms in total. The summed E-state index contributed by atoms with van der Waals surface area (Å²) in [5.41, 5.74) is 6.66. The summed E-state index contributed by atoms with van der Waals surface area (Å²) in [7, 11) is 0. The summed E-state index contributed by atoms with van der Waals surface area (Å²) < 4.78 is 20.2. The van der Waals surface area contributed by atoms with Gasteiger partial charge in [-0.25, -0.2) is 9.07 Å². The van der Waals surface area contributed by atoms with Crippen LogP contribution in [0.2, 0.25) is 0 Å². The van der Waals surface area contributed by atoms with E-state index in [1.54, 1.807) is 29.1 Å². The fourth-order valence-electron chi connectivity index (χ4n) is 1.89. The molecular formula is C13H13FN6O. The van der Waals surface area contributed by atoms with Crippen molar-refractivity contribution in [3.8, 4) is 0 Å². The number of nitrogens with two attached hydrogens (primary N) is 1. The molecule has 0 unspecified atom stereocenters. The lowest BCUT2D eigenvalue weighted by Crippen LogP contribution is -2.01. The Balaban J connectivity index is 1.70. The predicted octanol–water partition coefficient (Wildman–Crippen LogP) is 0.898. The van der Waals surface area contributed by atoms with Gasteiger partial charge in [-0.2, -0.15) is 4.98 Å². The lowest BCUT2D eigenvalue weighted by molar-refractivity contribution is 0.360. The number of aromatic nitrogens is 5. The number of nitrogens with zero attached hydrogens (tertiary/aromatic N) is 5. The summed E-state index contributed by atoms with van der Waals surface area (Å²) in [5.74, 6) is 0.525. The second kappa shape index (κ2) is 5.80. The van der Waals surface area contributed by atoms with Gasteiger partial charge in [-0.05, 0) is 11.6 Å². The van der Waals surface area contributed by atoms with Gasteiger partial charge in [0.05, 0.1) is 11.9 Å². The van der Waals surface area contributed by atoms with Crippen molar-refractivity contribution in [2.45, 2.75) is 19.5 Å². The van der Waals surface area contributed by atoms with E-state index in [4.69, 9.17) is 10.3 Å². The molecule has 0 bridgehead atoms. The molecule has 21 heavy (non-hydrogen) atoms. The lowest BCUT2D eigenvalue weighted by Gasteiger charge is -1.97. The molecular weight excluding hydrogens is 275 g/mol. The molecule has 0 radical (unpaired) electrons. The molecule has 3 rings (SSSR count). The van der Waals surface area contributed by atoms with E-state index in [0.29, 0.717) is 36.1 Å². The zero-order valence-electron chi connectivity index (χ0n) is 11.1. The van der Waals surface area contributed by atoms with Crippen LogP contribution in [0.3, 0.4) is 0 Å². The maximum absolute atomic E-state index is 13.6. The first-order chi connectivity index (χ1) is 10.2. The molecule has 0 amide bonds. The fourth-order valence-corrected chi connectivity index (χ4v) is 1.89. The van der Waals surface area contributed by atoms with Gasteiger partial charge in [-0.15, -0.1) is 5.10 Å². The van der Waals surface area contributed by atoms with Crippen molar-refractivity contribution in [1.82, 2.24) is 25.1 Å². The highest BCUT2D eigenvalue weighted by Crippen LogP contribution is 2.11. The Morgan fingerprint density at radius 3 is 2.90 bits per heavy atom. The van der Waals surface area contributed by atoms with Crippen molar-refractivity contribution in [2.75, 3.05) is 0 Å². The average Bonchev–Trinajstić information content (AvgIpc) is 3.11. The molecule has 3 aromatic rings. The van der Waals surface area contributed by atoms with Gasteiger partial charge in [-0.1, -0.05) is 28.6 Å². The van der Waals surface area contributed by atoms with Crippen LogP contribution in [0.4, 0.5) is 4.39 Å². The summed E-state index contributed by atoms with van der Waals surface area (Å²) in [6.07, 6.45) is 1.99. The van der Waals surface area contributed by atoms with E-state index in [0.717, 1.165) is 0 Å². The largest absolute Gasteiger partial charge is 0.337 e. The van der Waals surface area contributed by atoms with Gasteiger partial charge in [0.1, 0.15) is 12.4 Å². The zero-order chi connectivity index (χ0) is 14.7. The molecule has 0 aliphatic rings. The second-order valence-electron chi connectivity index (χ2n) is 4.48. The van der Waals surface area contributed by atoms with Crippen LogP contribution in [0.5, 0.6) is 0 Å². The lowest BCUT2D eigenvalue weighted by atomic mass is 10.1. The summed E-state index contributed by atoms with van der Waals surface area (Å²) in [6.45, 7) is 0.625. The first-order valence-corrected chi connectivity index (χ1v) is 6.38. The van der Waals surface area contributed by atoms with E-state index >= 15 is 0 Å². The first kappa shape index (κ1) is 13.4. The normalized spacial score (nSPS) is 11.0. The Kier molecular flexibility index (Phi) is 3.69. The SMILES string of the molecule is NCc1cn(Cc2nc(Cc3ccccc3F)no2)nn1. The predicted molar refractivity (Wildman–Crippen MR) is 70.5 cm³/mol. The second-order valence-corrected chi connectivity index (χ2v) is 4.48. The highest BCUT2D eigenvalue weighted by Gasteiger charge is 2.11. The summed E-state index contributed by atoms with van der Waals surface area (Å²) in [6, 6.07) is 6.50. The third kappa shape index (κ3) is 3.11. The Morgan fingerprint density at radius 2 is 2.14 bits per heavy atom. The van der Waals surface area contributed by atoms with E-state index in [2.05, 4.69) is 20.5 Å². The molecule has 8 heteroatoms. The Hall–Kier alpha value is -2.61. The van der Waals surface area contributed by atoms with Crippen LogP contribution in [-0.2, 0) is 19.5 Å². The van der Waals surface area contributed by atoms with E-state index in [-0.39, 0.29) is 12.2 Å². The van der Waals surface area contributed by atoms with Gasteiger partial charge in [0.25, 0.3) is 0 Å². The first-order valence-electron chi connectivity index (χ1n) is 6.38. The number of rotatable bonds is 5. The quantitative estimate of drug-likeness (QED) is 0.749.